The lowest BCUT2D eigenvalue weighted by atomic mass is 10.00. The van der Waals surface area contributed by atoms with Crippen LogP contribution in [0.5, 0.6) is 0 Å². The Morgan fingerprint density at radius 1 is 1.25 bits per heavy atom. The van der Waals surface area contributed by atoms with Crippen LogP contribution in [0.4, 0.5) is 23.2 Å². The molecule has 0 saturated heterocycles. The van der Waals surface area contributed by atoms with E-state index in [1.807, 2.05) is 6.92 Å². The van der Waals surface area contributed by atoms with E-state index in [9.17, 15) is 17.6 Å². The molecular formula is C14H19F4NO. The van der Waals surface area contributed by atoms with Crippen molar-refractivity contribution in [2.75, 3.05) is 18.5 Å². The predicted octanol–water partition coefficient (Wildman–Crippen LogP) is 4.06. The van der Waals surface area contributed by atoms with Crippen LogP contribution in [0.25, 0.3) is 0 Å². The first-order valence-electron chi connectivity index (χ1n) is 6.60. The van der Waals surface area contributed by atoms with E-state index in [0.29, 0.717) is 19.0 Å². The Bertz CT molecular complexity index is 414. The predicted molar refractivity (Wildman–Crippen MR) is 70.0 cm³/mol. The van der Waals surface area contributed by atoms with Crippen molar-refractivity contribution >= 4 is 5.69 Å². The number of hydrogen-bond acceptors (Lipinski definition) is 2. The lowest BCUT2D eigenvalue weighted by molar-refractivity contribution is -0.137. The fourth-order valence-electron chi connectivity index (χ4n) is 2.03. The summed E-state index contributed by atoms with van der Waals surface area (Å²) < 4.78 is 50.8. The number of alkyl halides is 3. The molecular weight excluding hydrogens is 274 g/mol. The maximum absolute atomic E-state index is 13.6. The van der Waals surface area contributed by atoms with E-state index in [-0.39, 0.29) is 18.2 Å². The molecule has 0 radical (unpaired) electrons. The summed E-state index contributed by atoms with van der Waals surface area (Å²) in [6, 6.07) is 2.44. The van der Waals surface area contributed by atoms with Crippen molar-refractivity contribution in [1.29, 1.82) is 0 Å². The van der Waals surface area contributed by atoms with Crippen molar-refractivity contribution in [3.05, 3.63) is 29.6 Å². The van der Waals surface area contributed by atoms with E-state index < -0.39 is 17.6 Å². The van der Waals surface area contributed by atoms with Gasteiger partial charge in [-0.05, 0) is 37.0 Å². The van der Waals surface area contributed by atoms with Crippen LogP contribution < -0.4 is 5.32 Å². The highest BCUT2D eigenvalue weighted by molar-refractivity contribution is 5.46. The number of halogens is 4. The smallest absolute Gasteiger partial charge is 0.396 e. The molecule has 0 aliphatic heterocycles. The molecule has 0 amide bonds. The molecule has 0 aliphatic carbocycles. The van der Waals surface area contributed by atoms with Crippen LogP contribution in [0, 0.1) is 11.7 Å². The van der Waals surface area contributed by atoms with Crippen molar-refractivity contribution in [3.8, 4) is 0 Å². The summed E-state index contributed by atoms with van der Waals surface area (Å²) in [5, 5.41) is 11.7. The summed E-state index contributed by atoms with van der Waals surface area (Å²) in [6.07, 6.45) is -2.15. The zero-order chi connectivity index (χ0) is 15.2. The highest BCUT2D eigenvalue weighted by Gasteiger charge is 2.31. The maximum Gasteiger partial charge on any atom is 0.416 e. The third-order valence-corrected chi connectivity index (χ3v) is 3.11. The second-order valence-electron chi connectivity index (χ2n) is 4.74. The van der Waals surface area contributed by atoms with Gasteiger partial charge < -0.3 is 10.4 Å². The molecule has 0 aromatic heterocycles. The topological polar surface area (TPSA) is 32.3 Å². The van der Waals surface area contributed by atoms with Gasteiger partial charge >= 0.3 is 6.18 Å². The van der Waals surface area contributed by atoms with E-state index in [1.165, 1.54) is 0 Å². The van der Waals surface area contributed by atoms with Gasteiger partial charge in [0.1, 0.15) is 5.82 Å². The second kappa shape index (κ2) is 7.47. The van der Waals surface area contributed by atoms with Gasteiger partial charge in [-0.1, -0.05) is 13.3 Å². The monoisotopic (exact) mass is 293 g/mol. The van der Waals surface area contributed by atoms with E-state index in [0.717, 1.165) is 25.0 Å². The highest BCUT2D eigenvalue weighted by atomic mass is 19.4. The van der Waals surface area contributed by atoms with Crippen LogP contribution in [0.2, 0.25) is 0 Å². The molecule has 0 bridgehead atoms. The lowest BCUT2D eigenvalue weighted by Crippen LogP contribution is -2.16. The minimum absolute atomic E-state index is 0.0435. The molecule has 0 spiro atoms. The van der Waals surface area contributed by atoms with Crippen LogP contribution in [-0.4, -0.2) is 18.3 Å². The molecule has 0 aliphatic rings. The Labute approximate surface area is 115 Å². The van der Waals surface area contributed by atoms with Gasteiger partial charge in [0.2, 0.25) is 0 Å². The van der Waals surface area contributed by atoms with Crippen molar-refractivity contribution in [3.63, 3.8) is 0 Å². The second-order valence-corrected chi connectivity index (χ2v) is 4.74. The maximum atomic E-state index is 13.6. The van der Waals surface area contributed by atoms with Gasteiger partial charge in [0, 0.05) is 13.2 Å². The molecule has 1 aromatic rings. The molecule has 6 heteroatoms. The summed E-state index contributed by atoms with van der Waals surface area (Å²) in [4.78, 5) is 0. The molecule has 0 fully saturated rings. The van der Waals surface area contributed by atoms with Gasteiger partial charge in [0.25, 0.3) is 0 Å². The van der Waals surface area contributed by atoms with E-state index in [2.05, 4.69) is 5.32 Å². The van der Waals surface area contributed by atoms with Crippen molar-refractivity contribution in [1.82, 2.24) is 0 Å². The average Bonchev–Trinajstić information content (AvgIpc) is 2.36. The van der Waals surface area contributed by atoms with Crippen molar-refractivity contribution in [2.45, 2.75) is 32.4 Å². The Kier molecular flexibility index (Phi) is 6.26. The fraction of sp³-hybridized carbons (Fsp3) is 0.571. The molecule has 114 valence electrons. The van der Waals surface area contributed by atoms with E-state index >= 15 is 0 Å². The molecule has 2 nitrogen and oxygen atoms in total. The first kappa shape index (κ1) is 16.8. The number of anilines is 1. The number of benzene rings is 1. The van der Waals surface area contributed by atoms with Gasteiger partial charge in [-0.15, -0.1) is 0 Å². The van der Waals surface area contributed by atoms with Crippen LogP contribution in [-0.2, 0) is 6.18 Å². The third kappa shape index (κ3) is 5.00. The average molecular weight is 293 g/mol. The van der Waals surface area contributed by atoms with Gasteiger partial charge in [-0.2, -0.15) is 13.2 Å². The van der Waals surface area contributed by atoms with E-state index in [1.54, 1.807) is 0 Å². The summed E-state index contributed by atoms with van der Waals surface area (Å²) in [5.74, 6) is -0.745. The number of aliphatic hydroxyl groups is 1. The SMILES string of the molecule is CCCC(CCO)CNc1ccc(C(F)(F)F)cc1F. The summed E-state index contributed by atoms with van der Waals surface area (Å²) >= 11 is 0. The van der Waals surface area contributed by atoms with Gasteiger partial charge in [0.15, 0.2) is 0 Å². The molecule has 20 heavy (non-hydrogen) atoms. The molecule has 2 N–H and O–H groups in total. The number of rotatable bonds is 7. The Morgan fingerprint density at radius 2 is 1.95 bits per heavy atom. The van der Waals surface area contributed by atoms with Gasteiger partial charge in [-0.3, -0.25) is 0 Å². The summed E-state index contributed by atoms with van der Waals surface area (Å²) in [7, 11) is 0. The van der Waals surface area contributed by atoms with Crippen LogP contribution in [0.15, 0.2) is 18.2 Å². The highest BCUT2D eigenvalue weighted by Crippen LogP contribution is 2.31. The minimum atomic E-state index is -4.54. The van der Waals surface area contributed by atoms with Crippen LogP contribution in [0.3, 0.4) is 0 Å². The van der Waals surface area contributed by atoms with Gasteiger partial charge in [0.05, 0.1) is 11.3 Å². The normalized spacial score (nSPS) is 13.3. The molecule has 1 unspecified atom stereocenters. The molecule has 1 atom stereocenters. The largest absolute Gasteiger partial charge is 0.416 e. The van der Waals surface area contributed by atoms with Crippen molar-refractivity contribution in [2.24, 2.45) is 5.92 Å². The standard InChI is InChI=1S/C14H19F4NO/c1-2-3-10(6-7-20)9-19-13-5-4-11(8-12(13)15)14(16,17)18/h4-5,8,10,19-20H,2-3,6-7,9H2,1H3. The van der Waals surface area contributed by atoms with Crippen LogP contribution in [0.1, 0.15) is 31.7 Å². The quantitative estimate of drug-likeness (QED) is 0.743. The Morgan fingerprint density at radius 3 is 2.45 bits per heavy atom. The van der Waals surface area contributed by atoms with Crippen molar-refractivity contribution < 1.29 is 22.7 Å². The molecule has 1 rings (SSSR count). The molecule has 1 aromatic carbocycles. The van der Waals surface area contributed by atoms with Gasteiger partial charge in [-0.25, -0.2) is 4.39 Å². The zero-order valence-electron chi connectivity index (χ0n) is 11.3. The minimum Gasteiger partial charge on any atom is -0.396 e. The van der Waals surface area contributed by atoms with E-state index in [4.69, 9.17) is 5.11 Å². The zero-order valence-corrected chi connectivity index (χ0v) is 11.3. The Hall–Kier alpha value is -1.30. The summed E-state index contributed by atoms with van der Waals surface area (Å²) in [6.45, 7) is 2.47. The Balaban J connectivity index is 2.68. The third-order valence-electron chi connectivity index (χ3n) is 3.11. The lowest BCUT2D eigenvalue weighted by Gasteiger charge is -2.17. The molecule has 0 saturated carbocycles. The molecule has 0 heterocycles. The fourth-order valence-corrected chi connectivity index (χ4v) is 2.03. The summed E-state index contributed by atoms with van der Waals surface area (Å²) in [5.41, 5.74) is -0.946. The first-order chi connectivity index (χ1) is 9.38. The number of nitrogens with one attached hydrogen (secondary N) is 1. The first-order valence-corrected chi connectivity index (χ1v) is 6.60. The van der Waals surface area contributed by atoms with Crippen LogP contribution >= 0.6 is 0 Å². The number of hydrogen-bond donors (Lipinski definition) is 2. The number of aliphatic hydroxyl groups excluding tert-OH is 1.